The Balaban J connectivity index is 1.82. The van der Waals surface area contributed by atoms with Gasteiger partial charge in [-0.1, -0.05) is 6.07 Å². The van der Waals surface area contributed by atoms with Crippen molar-refractivity contribution >= 4 is 23.2 Å². The predicted molar refractivity (Wildman–Crippen MR) is 69.1 cm³/mol. The molecule has 4 nitrogen and oxygen atoms in total. The molecular formula is C13H16N2O2S. The van der Waals surface area contributed by atoms with Crippen LogP contribution in [0.25, 0.3) is 0 Å². The molecule has 0 aromatic carbocycles. The second-order valence-corrected chi connectivity index (χ2v) is 6.04. The van der Waals surface area contributed by atoms with Gasteiger partial charge in [0.2, 0.25) is 11.8 Å². The summed E-state index contributed by atoms with van der Waals surface area (Å²) < 4.78 is 0. The van der Waals surface area contributed by atoms with Crippen LogP contribution in [0.2, 0.25) is 0 Å². The quantitative estimate of drug-likeness (QED) is 0.900. The highest BCUT2D eigenvalue weighted by molar-refractivity contribution is 7.10. The molecule has 3 rings (SSSR count). The summed E-state index contributed by atoms with van der Waals surface area (Å²) in [6.45, 7) is 0. The number of nitrogens with zero attached hydrogens (tertiary/aromatic N) is 1. The SMILES string of the molecule is CN1C(=O)C[C@@H](C(=O)NC2CC2)[C@@H]1c1cccs1. The molecule has 0 spiro atoms. The summed E-state index contributed by atoms with van der Waals surface area (Å²) in [7, 11) is 1.79. The fourth-order valence-electron chi connectivity index (χ4n) is 2.49. The van der Waals surface area contributed by atoms with Gasteiger partial charge in [-0.3, -0.25) is 9.59 Å². The maximum Gasteiger partial charge on any atom is 0.226 e. The molecule has 5 heteroatoms. The lowest BCUT2D eigenvalue weighted by atomic mass is 9.98. The first kappa shape index (κ1) is 11.7. The minimum Gasteiger partial charge on any atom is -0.353 e. The molecule has 0 unspecified atom stereocenters. The molecule has 2 atom stereocenters. The van der Waals surface area contributed by atoms with E-state index in [-0.39, 0.29) is 23.8 Å². The lowest BCUT2D eigenvalue weighted by molar-refractivity contribution is -0.128. The summed E-state index contributed by atoms with van der Waals surface area (Å²) in [6.07, 6.45) is 2.48. The minimum absolute atomic E-state index is 0.0357. The van der Waals surface area contributed by atoms with E-state index >= 15 is 0 Å². The Hall–Kier alpha value is -1.36. The van der Waals surface area contributed by atoms with E-state index in [4.69, 9.17) is 0 Å². The van der Waals surface area contributed by atoms with Crippen molar-refractivity contribution in [1.29, 1.82) is 0 Å². The molecule has 2 amide bonds. The standard InChI is InChI=1S/C13H16N2O2S/c1-15-11(16)7-9(13(17)14-8-4-5-8)12(15)10-3-2-6-18-10/h2-3,6,8-9,12H,4-5,7H2,1H3,(H,14,17)/t9-,12-/m1/s1. The van der Waals surface area contributed by atoms with E-state index in [2.05, 4.69) is 5.32 Å². The lowest BCUT2D eigenvalue weighted by Gasteiger charge is -2.23. The molecule has 2 aliphatic rings. The number of nitrogens with one attached hydrogen (secondary N) is 1. The van der Waals surface area contributed by atoms with Crippen LogP contribution in [0, 0.1) is 5.92 Å². The van der Waals surface area contributed by atoms with Gasteiger partial charge >= 0.3 is 0 Å². The van der Waals surface area contributed by atoms with E-state index in [0.29, 0.717) is 12.5 Å². The van der Waals surface area contributed by atoms with Gasteiger partial charge in [-0.05, 0) is 24.3 Å². The highest BCUT2D eigenvalue weighted by Gasteiger charge is 2.44. The topological polar surface area (TPSA) is 49.4 Å². The summed E-state index contributed by atoms with van der Waals surface area (Å²) in [5.41, 5.74) is 0. The molecule has 2 fully saturated rings. The number of hydrogen-bond acceptors (Lipinski definition) is 3. The van der Waals surface area contributed by atoms with Gasteiger partial charge in [0.15, 0.2) is 0 Å². The maximum atomic E-state index is 12.2. The zero-order valence-electron chi connectivity index (χ0n) is 10.3. The van der Waals surface area contributed by atoms with Crippen molar-refractivity contribution in [3.63, 3.8) is 0 Å². The van der Waals surface area contributed by atoms with Crippen molar-refractivity contribution in [2.75, 3.05) is 7.05 Å². The Kier molecular flexibility index (Phi) is 2.86. The number of amides is 2. The molecular weight excluding hydrogens is 248 g/mol. The maximum absolute atomic E-state index is 12.2. The molecule has 2 heterocycles. The third-order valence-corrected chi connectivity index (χ3v) is 4.62. The van der Waals surface area contributed by atoms with Crippen molar-refractivity contribution in [3.05, 3.63) is 22.4 Å². The average Bonchev–Trinajstić information content (AvgIpc) is 2.89. The molecule has 1 aliphatic carbocycles. The van der Waals surface area contributed by atoms with Crippen LogP contribution in [0.4, 0.5) is 0 Å². The van der Waals surface area contributed by atoms with E-state index in [1.165, 1.54) is 0 Å². The molecule has 18 heavy (non-hydrogen) atoms. The minimum atomic E-state index is -0.234. The molecule has 1 aromatic rings. The van der Waals surface area contributed by atoms with Crippen LogP contribution >= 0.6 is 11.3 Å². The molecule has 1 aliphatic heterocycles. The molecule has 0 bridgehead atoms. The number of thiophene rings is 1. The van der Waals surface area contributed by atoms with Gasteiger partial charge in [-0.2, -0.15) is 0 Å². The number of carbonyl (C=O) groups is 2. The van der Waals surface area contributed by atoms with Gasteiger partial charge in [0.1, 0.15) is 0 Å². The molecule has 96 valence electrons. The van der Waals surface area contributed by atoms with E-state index < -0.39 is 0 Å². The Bertz CT molecular complexity index is 467. The molecule has 0 radical (unpaired) electrons. The van der Waals surface area contributed by atoms with Crippen molar-refractivity contribution in [2.24, 2.45) is 5.92 Å². The third-order valence-electron chi connectivity index (χ3n) is 3.68. The van der Waals surface area contributed by atoms with Crippen LogP contribution in [-0.2, 0) is 9.59 Å². The summed E-state index contributed by atoms with van der Waals surface area (Å²) in [5, 5.41) is 5.00. The van der Waals surface area contributed by atoms with Gasteiger partial charge in [-0.15, -0.1) is 11.3 Å². The van der Waals surface area contributed by atoms with Crippen LogP contribution in [0.3, 0.4) is 0 Å². The van der Waals surface area contributed by atoms with E-state index in [1.54, 1.807) is 23.3 Å². The highest BCUT2D eigenvalue weighted by Crippen LogP contribution is 2.39. The smallest absolute Gasteiger partial charge is 0.226 e. The zero-order chi connectivity index (χ0) is 12.7. The van der Waals surface area contributed by atoms with Crippen LogP contribution < -0.4 is 5.32 Å². The van der Waals surface area contributed by atoms with Crippen LogP contribution in [0.15, 0.2) is 17.5 Å². The molecule has 1 aromatic heterocycles. The van der Waals surface area contributed by atoms with Crippen molar-refractivity contribution in [1.82, 2.24) is 10.2 Å². The first-order chi connectivity index (χ1) is 8.66. The predicted octanol–water partition coefficient (Wildman–Crippen LogP) is 1.55. The van der Waals surface area contributed by atoms with E-state index in [0.717, 1.165) is 17.7 Å². The monoisotopic (exact) mass is 264 g/mol. The molecule has 1 saturated carbocycles. The van der Waals surface area contributed by atoms with Crippen LogP contribution in [0.1, 0.15) is 30.2 Å². The van der Waals surface area contributed by atoms with Gasteiger partial charge < -0.3 is 10.2 Å². The second-order valence-electron chi connectivity index (χ2n) is 5.06. The normalized spacial score (nSPS) is 27.6. The lowest BCUT2D eigenvalue weighted by Crippen LogP contribution is -2.35. The first-order valence-electron chi connectivity index (χ1n) is 6.26. The van der Waals surface area contributed by atoms with Gasteiger partial charge in [0.05, 0.1) is 12.0 Å². The van der Waals surface area contributed by atoms with Gasteiger partial charge in [-0.25, -0.2) is 0 Å². The average molecular weight is 264 g/mol. The third kappa shape index (κ3) is 2.03. The largest absolute Gasteiger partial charge is 0.353 e. The van der Waals surface area contributed by atoms with Crippen molar-refractivity contribution in [3.8, 4) is 0 Å². The summed E-state index contributed by atoms with van der Waals surface area (Å²) >= 11 is 1.61. The number of carbonyl (C=O) groups excluding carboxylic acids is 2. The summed E-state index contributed by atoms with van der Waals surface area (Å²) in [5.74, 6) is -0.139. The van der Waals surface area contributed by atoms with E-state index in [1.807, 2.05) is 17.5 Å². The van der Waals surface area contributed by atoms with E-state index in [9.17, 15) is 9.59 Å². The zero-order valence-corrected chi connectivity index (χ0v) is 11.1. The number of likely N-dealkylation sites (tertiary alicyclic amines) is 1. The first-order valence-corrected chi connectivity index (χ1v) is 7.14. The Labute approximate surface area is 110 Å². The molecule has 1 N–H and O–H groups in total. The summed E-state index contributed by atoms with van der Waals surface area (Å²) in [6, 6.07) is 4.23. The van der Waals surface area contributed by atoms with Crippen LogP contribution in [0.5, 0.6) is 0 Å². The summed E-state index contributed by atoms with van der Waals surface area (Å²) in [4.78, 5) is 26.9. The van der Waals surface area contributed by atoms with Crippen LogP contribution in [-0.4, -0.2) is 29.8 Å². The highest BCUT2D eigenvalue weighted by atomic mass is 32.1. The van der Waals surface area contributed by atoms with Gasteiger partial charge in [0.25, 0.3) is 0 Å². The van der Waals surface area contributed by atoms with Gasteiger partial charge in [0, 0.05) is 24.4 Å². The number of rotatable bonds is 3. The Morgan fingerprint density at radius 3 is 2.89 bits per heavy atom. The van der Waals surface area contributed by atoms with Crippen molar-refractivity contribution < 1.29 is 9.59 Å². The fourth-order valence-corrected chi connectivity index (χ4v) is 3.42. The fraction of sp³-hybridized carbons (Fsp3) is 0.538. The Morgan fingerprint density at radius 1 is 1.50 bits per heavy atom. The Morgan fingerprint density at radius 2 is 2.28 bits per heavy atom. The van der Waals surface area contributed by atoms with Crippen molar-refractivity contribution in [2.45, 2.75) is 31.3 Å². The molecule has 1 saturated heterocycles. The second kappa shape index (κ2) is 4.39. The number of hydrogen-bond donors (Lipinski definition) is 1.